The van der Waals surface area contributed by atoms with E-state index in [1.54, 1.807) is 18.6 Å². The summed E-state index contributed by atoms with van der Waals surface area (Å²) in [7, 11) is 0. The van der Waals surface area contributed by atoms with Crippen molar-refractivity contribution in [3.05, 3.63) is 66.5 Å². The molecule has 2 heterocycles. The second-order valence-corrected chi connectivity index (χ2v) is 7.03. The fraction of sp³-hybridized carbons (Fsp3) is 0.316. The topological polar surface area (TPSA) is 69.6 Å². The normalized spacial score (nSPS) is 13.0. The first-order chi connectivity index (χ1) is 11.4. The van der Waals surface area contributed by atoms with Crippen molar-refractivity contribution in [1.29, 1.82) is 0 Å². The van der Waals surface area contributed by atoms with Crippen LogP contribution in [-0.2, 0) is 6.54 Å². The van der Waals surface area contributed by atoms with E-state index in [9.17, 15) is 0 Å². The van der Waals surface area contributed by atoms with Crippen LogP contribution in [0.3, 0.4) is 0 Å². The van der Waals surface area contributed by atoms with Gasteiger partial charge in [0.1, 0.15) is 17.2 Å². The van der Waals surface area contributed by atoms with Crippen molar-refractivity contribution in [3.63, 3.8) is 0 Å². The highest BCUT2D eigenvalue weighted by molar-refractivity contribution is 5.52. The molecule has 1 atom stereocenters. The van der Waals surface area contributed by atoms with E-state index in [1.807, 2.05) is 24.4 Å². The standard InChI is InChI=1S/C19H23N5/c1-19(2,3)17(20)18-23-16(15-11-21-9-10-22-15)13-24(18)12-14-7-5-4-6-8-14/h4-11,13,17H,12,20H2,1-3H3. The summed E-state index contributed by atoms with van der Waals surface area (Å²) in [6, 6.07) is 10.1. The van der Waals surface area contributed by atoms with Gasteiger partial charge in [0.05, 0.1) is 12.2 Å². The zero-order chi connectivity index (χ0) is 17.2. The zero-order valence-corrected chi connectivity index (χ0v) is 14.3. The van der Waals surface area contributed by atoms with E-state index in [-0.39, 0.29) is 11.5 Å². The Kier molecular flexibility index (Phi) is 4.44. The van der Waals surface area contributed by atoms with Crippen molar-refractivity contribution < 1.29 is 0 Å². The summed E-state index contributed by atoms with van der Waals surface area (Å²) in [4.78, 5) is 13.3. The summed E-state index contributed by atoms with van der Waals surface area (Å²) in [5.74, 6) is 0.868. The van der Waals surface area contributed by atoms with Crippen molar-refractivity contribution in [2.24, 2.45) is 11.1 Å². The van der Waals surface area contributed by atoms with Crippen LogP contribution < -0.4 is 5.73 Å². The second kappa shape index (κ2) is 6.53. The molecule has 0 aliphatic carbocycles. The minimum absolute atomic E-state index is 0.0839. The van der Waals surface area contributed by atoms with Gasteiger partial charge in [-0.05, 0) is 11.0 Å². The Morgan fingerprint density at radius 2 is 1.83 bits per heavy atom. The average Bonchev–Trinajstić information content (AvgIpc) is 2.98. The molecule has 0 aliphatic rings. The fourth-order valence-electron chi connectivity index (χ4n) is 2.53. The average molecular weight is 321 g/mol. The summed E-state index contributed by atoms with van der Waals surface area (Å²) < 4.78 is 2.12. The number of hydrogen-bond acceptors (Lipinski definition) is 4. The first-order valence-corrected chi connectivity index (χ1v) is 8.08. The molecule has 5 heteroatoms. The van der Waals surface area contributed by atoms with Crippen molar-refractivity contribution in [1.82, 2.24) is 19.5 Å². The highest BCUT2D eigenvalue weighted by Crippen LogP contribution is 2.31. The summed E-state index contributed by atoms with van der Waals surface area (Å²) >= 11 is 0. The first-order valence-electron chi connectivity index (χ1n) is 8.08. The SMILES string of the molecule is CC(C)(C)C(N)c1nc(-c2cnccn2)cn1Cc1ccccc1. The Morgan fingerprint density at radius 3 is 2.46 bits per heavy atom. The lowest BCUT2D eigenvalue weighted by Crippen LogP contribution is -2.29. The van der Waals surface area contributed by atoms with Crippen LogP contribution in [0.1, 0.15) is 38.2 Å². The van der Waals surface area contributed by atoms with Gasteiger partial charge < -0.3 is 10.3 Å². The van der Waals surface area contributed by atoms with Gasteiger partial charge in [-0.3, -0.25) is 9.97 Å². The van der Waals surface area contributed by atoms with Crippen LogP contribution in [0.4, 0.5) is 0 Å². The lowest BCUT2D eigenvalue weighted by atomic mass is 9.87. The quantitative estimate of drug-likeness (QED) is 0.799. The molecule has 3 rings (SSSR count). The van der Waals surface area contributed by atoms with Gasteiger partial charge >= 0.3 is 0 Å². The van der Waals surface area contributed by atoms with Gasteiger partial charge in [-0.25, -0.2) is 4.98 Å². The van der Waals surface area contributed by atoms with Gasteiger partial charge in [0, 0.05) is 25.1 Å². The van der Waals surface area contributed by atoms with Crippen molar-refractivity contribution in [2.75, 3.05) is 0 Å². The largest absolute Gasteiger partial charge is 0.328 e. The number of aromatic nitrogens is 4. The molecule has 24 heavy (non-hydrogen) atoms. The van der Waals surface area contributed by atoms with Gasteiger partial charge in [0.2, 0.25) is 0 Å². The summed E-state index contributed by atoms with van der Waals surface area (Å²) in [5.41, 5.74) is 9.18. The number of nitrogens with two attached hydrogens (primary N) is 1. The van der Waals surface area contributed by atoms with Crippen LogP contribution in [-0.4, -0.2) is 19.5 Å². The van der Waals surface area contributed by atoms with E-state index in [0.29, 0.717) is 0 Å². The second-order valence-electron chi connectivity index (χ2n) is 7.03. The van der Waals surface area contributed by atoms with Crippen LogP contribution in [0.5, 0.6) is 0 Å². The minimum Gasteiger partial charge on any atom is -0.328 e. The van der Waals surface area contributed by atoms with Crippen LogP contribution in [0.25, 0.3) is 11.4 Å². The van der Waals surface area contributed by atoms with Crippen LogP contribution in [0, 0.1) is 5.41 Å². The monoisotopic (exact) mass is 321 g/mol. The van der Waals surface area contributed by atoms with Crippen LogP contribution in [0.15, 0.2) is 55.1 Å². The van der Waals surface area contributed by atoms with E-state index in [0.717, 1.165) is 23.8 Å². The van der Waals surface area contributed by atoms with Gasteiger partial charge in [-0.1, -0.05) is 51.1 Å². The zero-order valence-electron chi connectivity index (χ0n) is 14.3. The van der Waals surface area contributed by atoms with Crippen LogP contribution in [0.2, 0.25) is 0 Å². The number of imidazole rings is 1. The lowest BCUT2D eigenvalue weighted by molar-refractivity contribution is 0.309. The third kappa shape index (κ3) is 3.51. The Hall–Kier alpha value is -2.53. The molecule has 1 unspecified atom stereocenters. The maximum Gasteiger partial charge on any atom is 0.127 e. The molecule has 3 aromatic rings. The van der Waals surface area contributed by atoms with Gasteiger partial charge in [0.15, 0.2) is 0 Å². The molecule has 2 aromatic heterocycles. The Morgan fingerprint density at radius 1 is 1.08 bits per heavy atom. The molecule has 0 spiro atoms. The molecule has 0 fully saturated rings. The van der Waals surface area contributed by atoms with E-state index >= 15 is 0 Å². The van der Waals surface area contributed by atoms with Crippen LogP contribution >= 0.6 is 0 Å². The number of benzene rings is 1. The predicted octanol–water partition coefficient (Wildman–Crippen LogP) is 3.43. The summed E-state index contributed by atoms with van der Waals surface area (Å²) in [6.45, 7) is 7.11. The highest BCUT2D eigenvalue weighted by atomic mass is 15.1. The fourth-order valence-corrected chi connectivity index (χ4v) is 2.53. The maximum absolute atomic E-state index is 6.50. The van der Waals surface area contributed by atoms with Gasteiger partial charge in [-0.15, -0.1) is 0 Å². The number of nitrogens with zero attached hydrogens (tertiary/aromatic N) is 4. The molecule has 0 amide bonds. The molecular formula is C19H23N5. The molecule has 0 radical (unpaired) electrons. The summed E-state index contributed by atoms with van der Waals surface area (Å²) in [5, 5.41) is 0. The minimum atomic E-state index is -0.174. The predicted molar refractivity (Wildman–Crippen MR) is 95.2 cm³/mol. The van der Waals surface area contributed by atoms with Gasteiger partial charge in [0.25, 0.3) is 0 Å². The Balaban J connectivity index is 2.03. The Labute approximate surface area is 142 Å². The third-order valence-corrected chi connectivity index (χ3v) is 4.04. The van der Waals surface area contributed by atoms with Crippen molar-refractivity contribution in [3.8, 4) is 11.4 Å². The maximum atomic E-state index is 6.50. The molecule has 0 saturated heterocycles. The molecule has 2 N–H and O–H groups in total. The highest BCUT2D eigenvalue weighted by Gasteiger charge is 2.27. The van der Waals surface area contributed by atoms with E-state index in [2.05, 4.69) is 47.4 Å². The Bertz CT molecular complexity index is 788. The van der Waals surface area contributed by atoms with Gasteiger partial charge in [-0.2, -0.15) is 0 Å². The van der Waals surface area contributed by atoms with E-state index < -0.39 is 0 Å². The third-order valence-electron chi connectivity index (χ3n) is 4.04. The molecule has 124 valence electrons. The molecular weight excluding hydrogens is 298 g/mol. The summed E-state index contributed by atoms with van der Waals surface area (Å²) in [6.07, 6.45) is 7.07. The van der Waals surface area contributed by atoms with E-state index in [4.69, 9.17) is 10.7 Å². The lowest BCUT2D eigenvalue weighted by Gasteiger charge is -2.27. The van der Waals surface area contributed by atoms with E-state index in [1.165, 1.54) is 5.56 Å². The van der Waals surface area contributed by atoms with Crippen molar-refractivity contribution in [2.45, 2.75) is 33.4 Å². The first kappa shape index (κ1) is 16.3. The smallest absolute Gasteiger partial charge is 0.127 e. The molecule has 5 nitrogen and oxygen atoms in total. The molecule has 0 bridgehead atoms. The number of rotatable bonds is 4. The molecule has 0 saturated carbocycles. The molecule has 0 aliphatic heterocycles. The number of hydrogen-bond donors (Lipinski definition) is 1. The molecule has 1 aromatic carbocycles. The van der Waals surface area contributed by atoms with Crippen molar-refractivity contribution >= 4 is 0 Å².